The highest BCUT2D eigenvalue weighted by atomic mass is 16.5. The smallest absolute Gasteiger partial charge is 0.332 e. The zero-order valence-corrected chi connectivity index (χ0v) is 19.2. The molecule has 8 unspecified atom stereocenters. The summed E-state index contributed by atoms with van der Waals surface area (Å²) in [4.78, 5) is 44.6. The van der Waals surface area contributed by atoms with Crippen LogP contribution in [0.2, 0.25) is 0 Å². The molecule has 1 aliphatic carbocycles. The third-order valence-corrected chi connectivity index (χ3v) is 5.96. The standard InChI is InChI=1S/C21H34O12/c1-10(18(22)23)30-6-14-5-15(7-31-11(2)19(24)25)17(9-33-13(4)21(28)29)16(14)8-32-12(3)20(26)27/h10-17H,5-9H2,1-4H3,(H,22,23)(H,24,25)(H,26,27)(H,28,29). The quantitative estimate of drug-likeness (QED) is 0.245. The molecule has 12 nitrogen and oxygen atoms in total. The molecular weight excluding hydrogens is 444 g/mol. The number of hydrogen-bond acceptors (Lipinski definition) is 8. The van der Waals surface area contributed by atoms with Gasteiger partial charge in [0.15, 0.2) is 24.4 Å². The van der Waals surface area contributed by atoms with Crippen LogP contribution in [0.5, 0.6) is 0 Å². The minimum Gasteiger partial charge on any atom is -0.479 e. The Labute approximate surface area is 191 Å². The molecule has 12 heteroatoms. The van der Waals surface area contributed by atoms with Crippen molar-refractivity contribution in [3.8, 4) is 0 Å². The van der Waals surface area contributed by atoms with Crippen LogP contribution in [0, 0.1) is 23.7 Å². The Balaban J connectivity index is 3.06. The van der Waals surface area contributed by atoms with Crippen molar-refractivity contribution in [2.75, 3.05) is 26.4 Å². The first kappa shape index (κ1) is 28.8. The van der Waals surface area contributed by atoms with Gasteiger partial charge in [0.2, 0.25) is 0 Å². The van der Waals surface area contributed by atoms with Crippen LogP contribution in [-0.2, 0) is 38.1 Å². The minimum atomic E-state index is -1.15. The van der Waals surface area contributed by atoms with Gasteiger partial charge in [0.25, 0.3) is 0 Å². The molecule has 190 valence electrons. The zero-order valence-electron chi connectivity index (χ0n) is 19.2. The summed E-state index contributed by atoms with van der Waals surface area (Å²) in [5, 5.41) is 36.4. The second-order valence-electron chi connectivity index (χ2n) is 8.34. The molecule has 1 fully saturated rings. The van der Waals surface area contributed by atoms with Gasteiger partial charge in [-0.2, -0.15) is 0 Å². The van der Waals surface area contributed by atoms with Gasteiger partial charge in [0.05, 0.1) is 26.4 Å². The van der Waals surface area contributed by atoms with Gasteiger partial charge in [-0.25, -0.2) is 19.2 Å². The highest BCUT2D eigenvalue weighted by molar-refractivity contribution is 5.72. The number of carboxylic acids is 4. The third-order valence-electron chi connectivity index (χ3n) is 5.96. The number of ether oxygens (including phenoxy) is 4. The molecular formula is C21H34O12. The van der Waals surface area contributed by atoms with E-state index in [1.54, 1.807) is 0 Å². The normalized spacial score (nSPS) is 26.3. The highest BCUT2D eigenvalue weighted by Crippen LogP contribution is 2.43. The molecule has 0 radical (unpaired) electrons. The van der Waals surface area contributed by atoms with Gasteiger partial charge < -0.3 is 39.4 Å². The van der Waals surface area contributed by atoms with Crippen molar-refractivity contribution >= 4 is 23.9 Å². The van der Waals surface area contributed by atoms with Crippen LogP contribution >= 0.6 is 0 Å². The average molecular weight is 478 g/mol. The predicted octanol–water partition coefficient (Wildman–Crippen LogP) is 0.814. The lowest BCUT2D eigenvalue weighted by atomic mass is 9.88. The second kappa shape index (κ2) is 13.4. The summed E-state index contributed by atoms with van der Waals surface area (Å²) >= 11 is 0. The lowest BCUT2D eigenvalue weighted by Gasteiger charge is -2.28. The van der Waals surface area contributed by atoms with E-state index in [-0.39, 0.29) is 50.1 Å². The van der Waals surface area contributed by atoms with E-state index in [9.17, 15) is 19.2 Å². The zero-order chi connectivity index (χ0) is 25.3. The van der Waals surface area contributed by atoms with Crippen LogP contribution in [0.1, 0.15) is 34.1 Å². The molecule has 33 heavy (non-hydrogen) atoms. The van der Waals surface area contributed by atoms with Gasteiger partial charge in [0.1, 0.15) is 0 Å². The van der Waals surface area contributed by atoms with E-state index in [0.717, 1.165) is 0 Å². The highest BCUT2D eigenvalue weighted by Gasteiger charge is 2.44. The molecule has 0 spiro atoms. The molecule has 0 aromatic rings. The lowest BCUT2D eigenvalue weighted by molar-refractivity contribution is -0.155. The van der Waals surface area contributed by atoms with E-state index in [1.807, 2.05) is 0 Å². The summed E-state index contributed by atoms with van der Waals surface area (Å²) in [6.45, 7) is 5.59. The van der Waals surface area contributed by atoms with Gasteiger partial charge in [0, 0.05) is 0 Å². The fourth-order valence-corrected chi connectivity index (χ4v) is 3.67. The summed E-state index contributed by atoms with van der Waals surface area (Å²) in [5.41, 5.74) is 0. The van der Waals surface area contributed by atoms with Gasteiger partial charge in [-0.1, -0.05) is 0 Å². The molecule has 1 saturated carbocycles. The largest absolute Gasteiger partial charge is 0.479 e. The molecule has 0 amide bonds. The summed E-state index contributed by atoms with van der Waals surface area (Å²) in [7, 11) is 0. The first-order valence-corrected chi connectivity index (χ1v) is 10.7. The number of rotatable bonds is 16. The van der Waals surface area contributed by atoms with E-state index in [2.05, 4.69) is 0 Å². The fourth-order valence-electron chi connectivity index (χ4n) is 3.67. The van der Waals surface area contributed by atoms with Crippen molar-refractivity contribution in [1.29, 1.82) is 0 Å². The van der Waals surface area contributed by atoms with E-state index in [0.29, 0.717) is 6.42 Å². The minimum absolute atomic E-state index is 0.0105. The Morgan fingerprint density at radius 3 is 1.06 bits per heavy atom. The van der Waals surface area contributed by atoms with Crippen molar-refractivity contribution < 1.29 is 58.6 Å². The predicted molar refractivity (Wildman–Crippen MR) is 111 cm³/mol. The van der Waals surface area contributed by atoms with E-state index in [4.69, 9.17) is 39.4 Å². The second-order valence-corrected chi connectivity index (χ2v) is 8.34. The SMILES string of the molecule is CC(OCC1CC(COC(C)C(=O)O)C(COC(C)C(=O)O)C1COC(C)C(=O)O)C(=O)O. The Morgan fingerprint density at radius 1 is 0.576 bits per heavy atom. The van der Waals surface area contributed by atoms with Crippen LogP contribution in [-0.4, -0.2) is 95.1 Å². The monoisotopic (exact) mass is 478 g/mol. The lowest BCUT2D eigenvalue weighted by Crippen LogP contribution is -2.35. The number of aliphatic carboxylic acids is 4. The van der Waals surface area contributed by atoms with Gasteiger partial charge in [-0.05, 0) is 57.8 Å². The topological polar surface area (TPSA) is 186 Å². The first-order chi connectivity index (χ1) is 15.3. The van der Waals surface area contributed by atoms with Crippen LogP contribution < -0.4 is 0 Å². The molecule has 0 saturated heterocycles. The fraction of sp³-hybridized carbons (Fsp3) is 0.810. The first-order valence-electron chi connectivity index (χ1n) is 10.7. The Hall–Kier alpha value is -2.28. The maximum Gasteiger partial charge on any atom is 0.332 e. The van der Waals surface area contributed by atoms with Crippen molar-refractivity contribution in [2.45, 2.75) is 58.5 Å². The summed E-state index contributed by atoms with van der Waals surface area (Å²) in [5.74, 6) is -5.82. The molecule has 0 aliphatic heterocycles. The maximum atomic E-state index is 11.2. The molecule has 1 aliphatic rings. The van der Waals surface area contributed by atoms with Gasteiger partial charge in [-0.15, -0.1) is 0 Å². The molecule has 1 rings (SSSR count). The molecule has 0 aromatic heterocycles. The number of hydrogen-bond donors (Lipinski definition) is 4. The van der Waals surface area contributed by atoms with Crippen LogP contribution in [0.4, 0.5) is 0 Å². The maximum absolute atomic E-state index is 11.2. The third kappa shape index (κ3) is 9.24. The molecule has 0 bridgehead atoms. The molecule has 0 heterocycles. The summed E-state index contributed by atoms with van der Waals surface area (Å²) in [6, 6.07) is 0. The van der Waals surface area contributed by atoms with Crippen molar-refractivity contribution in [3.63, 3.8) is 0 Å². The summed E-state index contributed by atoms with van der Waals surface area (Å²) in [6.07, 6.45) is -3.86. The van der Waals surface area contributed by atoms with Crippen LogP contribution in [0.25, 0.3) is 0 Å². The average Bonchev–Trinajstić information content (AvgIpc) is 3.07. The van der Waals surface area contributed by atoms with Crippen LogP contribution in [0.15, 0.2) is 0 Å². The molecule has 0 aromatic carbocycles. The summed E-state index contributed by atoms with van der Waals surface area (Å²) < 4.78 is 21.9. The molecule has 8 atom stereocenters. The van der Waals surface area contributed by atoms with E-state index in [1.165, 1.54) is 27.7 Å². The van der Waals surface area contributed by atoms with E-state index >= 15 is 0 Å². The Bertz CT molecular complexity index is 624. The van der Waals surface area contributed by atoms with Gasteiger partial charge >= 0.3 is 23.9 Å². The Kier molecular flexibility index (Phi) is 11.7. The van der Waals surface area contributed by atoms with Crippen molar-refractivity contribution in [1.82, 2.24) is 0 Å². The number of carbonyl (C=O) groups is 4. The van der Waals surface area contributed by atoms with Gasteiger partial charge in [-0.3, -0.25) is 0 Å². The number of carboxylic acid groups (broad SMARTS) is 4. The van der Waals surface area contributed by atoms with Crippen LogP contribution in [0.3, 0.4) is 0 Å². The van der Waals surface area contributed by atoms with Crippen molar-refractivity contribution in [2.24, 2.45) is 23.7 Å². The van der Waals surface area contributed by atoms with Crippen molar-refractivity contribution in [3.05, 3.63) is 0 Å². The Morgan fingerprint density at radius 2 is 0.818 bits per heavy atom. The molecule has 4 N–H and O–H groups in total. The van der Waals surface area contributed by atoms with E-state index < -0.39 is 48.3 Å².